The van der Waals surface area contributed by atoms with Crippen LogP contribution >= 0.6 is 0 Å². The van der Waals surface area contributed by atoms with E-state index < -0.39 is 27.8 Å². The lowest BCUT2D eigenvalue weighted by molar-refractivity contribution is -0.151. The van der Waals surface area contributed by atoms with Crippen molar-refractivity contribution in [2.24, 2.45) is 23.7 Å². The summed E-state index contributed by atoms with van der Waals surface area (Å²) in [5.74, 6) is -2.37. The molecule has 0 aromatic heterocycles. The molecule has 0 spiro atoms. The number of hydrogen-bond donors (Lipinski definition) is 1. The smallest absolute Gasteiger partial charge is 0.307 e. The highest BCUT2D eigenvalue weighted by atomic mass is 32.2. The minimum Gasteiger partial charge on any atom is -0.481 e. The number of allylic oxidation sites excluding steroid dienone is 2. The van der Waals surface area contributed by atoms with Gasteiger partial charge in [-0.25, -0.2) is 8.42 Å². The molecule has 1 N–H and O–H groups in total. The maximum Gasteiger partial charge on any atom is 0.307 e. The first-order chi connectivity index (χ1) is 12.9. The summed E-state index contributed by atoms with van der Waals surface area (Å²) in [5, 5.41) is 9.54. The monoisotopic (exact) mass is 390 g/mol. The van der Waals surface area contributed by atoms with Crippen LogP contribution in [0.1, 0.15) is 6.42 Å². The number of rotatable bonds is 4. The Kier molecular flexibility index (Phi) is 4.55. The zero-order chi connectivity index (χ0) is 19.2. The Labute approximate surface area is 158 Å². The fourth-order valence-corrected chi connectivity index (χ4v) is 6.04. The first kappa shape index (κ1) is 18.2. The number of carbonyl (C=O) groups excluding carboxylic acids is 1. The molecule has 4 atom stereocenters. The van der Waals surface area contributed by atoms with E-state index in [4.69, 9.17) is 0 Å². The van der Waals surface area contributed by atoms with Crippen LogP contribution in [0.2, 0.25) is 0 Å². The third kappa shape index (κ3) is 3.06. The lowest BCUT2D eigenvalue weighted by Gasteiger charge is -2.37. The number of aliphatic carboxylic acids is 1. The molecule has 144 valence electrons. The molecule has 1 aromatic rings. The van der Waals surface area contributed by atoms with E-state index >= 15 is 0 Å². The minimum atomic E-state index is -3.57. The van der Waals surface area contributed by atoms with Gasteiger partial charge in [-0.05, 0) is 30.4 Å². The fourth-order valence-electron chi connectivity index (χ4n) is 4.60. The molecule has 2 fully saturated rings. The summed E-state index contributed by atoms with van der Waals surface area (Å²) in [6, 6.07) is 8.25. The SMILES string of the molecule is O=C(O)[C@@H]1[C@@H](C(=O)N2CCN(S(=O)(=O)c3ccccc3)CC2)[C@H]2C=C[C@@H]1C2. The number of hydrogen-bond acceptors (Lipinski definition) is 4. The van der Waals surface area contributed by atoms with E-state index in [1.165, 1.54) is 4.31 Å². The zero-order valence-electron chi connectivity index (χ0n) is 14.8. The van der Waals surface area contributed by atoms with E-state index in [0.717, 1.165) is 6.42 Å². The van der Waals surface area contributed by atoms with Gasteiger partial charge in [0, 0.05) is 26.2 Å². The highest BCUT2D eigenvalue weighted by molar-refractivity contribution is 7.89. The van der Waals surface area contributed by atoms with Gasteiger partial charge in [0.25, 0.3) is 0 Å². The van der Waals surface area contributed by atoms with Crippen LogP contribution in [-0.2, 0) is 19.6 Å². The van der Waals surface area contributed by atoms with Crippen LogP contribution in [0.25, 0.3) is 0 Å². The summed E-state index contributed by atoms with van der Waals surface area (Å²) in [4.78, 5) is 26.5. The van der Waals surface area contributed by atoms with Gasteiger partial charge in [0.1, 0.15) is 0 Å². The lowest BCUT2D eigenvalue weighted by atomic mass is 9.82. The van der Waals surface area contributed by atoms with Crippen molar-refractivity contribution in [2.45, 2.75) is 11.3 Å². The number of sulfonamides is 1. The first-order valence-corrected chi connectivity index (χ1v) is 10.6. The van der Waals surface area contributed by atoms with Gasteiger partial charge in [-0.15, -0.1) is 0 Å². The maximum atomic E-state index is 13.0. The number of carboxylic acids is 1. The molecule has 1 amide bonds. The average Bonchev–Trinajstić information content (AvgIpc) is 3.29. The van der Waals surface area contributed by atoms with Crippen molar-refractivity contribution in [3.8, 4) is 0 Å². The summed E-state index contributed by atoms with van der Waals surface area (Å²) < 4.78 is 26.8. The summed E-state index contributed by atoms with van der Waals surface area (Å²) in [5.41, 5.74) is 0. The molecule has 0 unspecified atom stereocenters. The second-order valence-electron chi connectivity index (χ2n) is 7.38. The maximum absolute atomic E-state index is 13.0. The molecule has 8 heteroatoms. The molecular formula is C19H22N2O5S. The average molecular weight is 390 g/mol. The van der Waals surface area contributed by atoms with Gasteiger partial charge >= 0.3 is 5.97 Å². The third-order valence-corrected chi connectivity index (χ3v) is 7.87. The molecule has 4 rings (SSSR count). The van der Waals surface area contributed by atoms with E-state index in [1.807, 2.05) is 12.2 Å². The minimum absolute atomic E-state index is 0.0188. The number of fused-ring (bicyclic) bond motifs is 2. The Morgan fingerprint density at radius 1 is 0.926 bits per heavy atom. The highest BCUT2D eigenvalue weighted by Gasteiger charge is 2.52. The topological polar surface area (TPSA) is 95.0 Å². The first-order valence-electron chi connectivity index (χ1n) is 9.14. The third-order valence-electron chi connectivity index (χ3n) is 5.96. The molecule has 2 aliphatic carbocycles. The summed E-state index contributed by atoms with van der Waals surface area (Å²) in [7, 11) is -3.57. The Morgan fingerprint density at radius 3 is 2.11 bits per heavy atom. The Hall–Kier alpha value is -2.19. The Balaban J connectivity index is 1.44. The predicted octanol–water partition coefficient (Wildman–Crippen LogP) is 1.04. The zero-order valence-corrected chi connectivity index (χ0v) is 15.6. The molecule has 2 bridgehead atoms. The van der Waals surface area contributed by atoms with E-state index in [9.17, 15) is 23.1 Å². The number of nitrogens with zero attached hydrogens (tertiary/aromatic N) is 2. The largest absolute Gasteiger partial charge is 0.481 e. The van der Waals surface area contributed by atoms with Crippen LogP contribution in [-0.4, -0.2) is 60.8 Å². The number of carbonyl (C=O) groups is 2. The van der Waals surface area contributed by atoms with Crippen molar-refractivity contribution < 1.29 is 23.1 Å². The van der Waals surface area contributed by atoms with Gasteiger partial charge in [0.15, 0.2) is 0 Å². The van der Waals surface area contributed by atoms with Crippen LogP contribution in [0.5, 0.6) is 0 Å². The molecule has 0 radical (unpaired) electrons. The standard InChI is InChI=1S/C19H22N2O5S/c22-18(16-13-6-7-14(12-13)17(16)19(23)24)20-8-10-21(11-9-20)27(25,26)15-4-2-1-3-5-15/h1-7,13-14,16-17H,8-12H2,(H,23,24)/t13-,14+,16-,17-/m0/s1. The second kappa shape index (κ2) is 6.76. The van der Waals surface area contributed by atoms with Crippen molar-refractivity contribution in [2.75, 3.05) is 26.2 Å². The highest BCUT2D eigenvalue weighted by Crippen LogP contribution is 2.48. The fraction of sp³-hybridized carbons (Fsp3) is 0.474. The lowest BCUT2D eigenvalue weighted by Crippen LogP contribution is -2.53. The van der Waals surface area contributed by atoms with Gasteiger partial charge in [0.05, 0.1) is 16.7 Å². The molecule has 27 heavy (non-hydrogen) atoms. The quantitative estimate of drug-likeness (QED) is 0.775. The number of piperazine rings is 1. The van der Waals surface area contributed by atoms with Crippen molar-refractivity contribution >= 4 is 21.9 Å². The molecule has 1 aliphatic heterocycles. The van der Waals surface area contributed by atoms with Gasteiger partial charge in [-0.2, -0.15) is 4.31 Å². The van der Waals surface area contributed by atoms with Gasteiger partial charge in [-0.1, -0.05) is 30.4 Å². The normalized spacial score (nSPS) is 30.6. The van der Waals surface area contributed by atoms with Gasteiger partial charge in [0.2, 0.25) is 15.9 Å². The van der Waals surface area contributed by atoms with Crippen LogP contribution in [0.3, 0.4) is 0 Å². The molecule has 1 heterocycles. The van der Waals surface area contributed by atoms with Crippen molar-refractivity contribution in [3.63, 3.8) is 0 Å². The Bertz CT molecular complexity index is 875. The number of carboxylic acid groups (broad SMARTS) is 1. The number of amides is 1. The molecule has 3 aliphatic rings. The van der Waals surface area contributed by atoms with E-state index in [1.54, 1.807) is 35.2 Å². The summed E-state index contributed by atoms with van der Waals surface area (Å²) in [6.45, 7) is 1.01. The van der Waals surface area contributed by atoms with Crippen LogP contribution in [0, 0.1) is 23.7 Å². The molecule has 1 saturated carbocycles. The van der Waals surface area contributed by atoms with Crippen LogP contribution in [0.4, 0.5) is 0 Å². The van der Waals surface area contributed by atoms with Crippen molar-refractivity contribution in [1.82, 2.24) is 9.21 Å². The van der Waals surface area contributed by atoms with Crippen LogP contribution < -0.4 is 0 Å². The van der Waals surface area contributed by atoms with Gasteiger partial charge < -0.3 is 10.0 Å². The predicted molar refractivity (Wildman–Crippen MR) is 97.1 cm³/mol. The van der Waals surface area contributed by atoms with Crippen LogP contribution in [0.15, 0.2) is 47.4 Å². The van der Waals surface area contributed by atoms with E-state index in [2.05, 4.69) is 0 Å². The molecule has 1 saturated heterocycles. The number of benzene rings is 1. The molecule has 7 nitrogen and oxygen atoms in total. The molecule has 1 aromatic carbocycles. The summed E-state index contributed by atoms with van der Waals surface area (Å²) >= 11 is 0. The second-order valence-corrected chi connectivity index (χ2v) is 9.32. The Morgan fingerprint density at radius 2 is 1.52 bits per heavy atom. The van der Waals surface area contributed by atoms with Crippen molar-refractivity contribution in [1.29, 1.82) is 0 Å². The van der Waals surface area contributed by atoms with Crippen molar-refractivity contribution in [3.05, 3.63) is 42.5 Å². The van der Waals surface area contributed by atoms with Gasteiger partial charge in [-0.3, -0.25) is 9.59 Å². The summed E-state index contributed by atoms with van der Waals surface area (Å²) in [6.07, 6.45) is 4.59. The van der Waals surface area contributed by atoms with E-state index in [-0.39, 0.29) is 48.8 Å². The molecular weight excluding hydrogens is 368 g/mol. The van der Waals surface area contributed by atoms with E-state index in [0.29, 0.717) is 0 Å².